The van der Waals surface area contributed by atoms with Gasteiger partial charge in [-0.3, -0.25) is 0 Å². The van der Waals surface area contributed by atoms with Crippen LogP contribution in [0.3, 0.4) is 0 Å². The summed E-state index contributed by atoms with van der Waals surface area (Å²) in [5, 5.41) is 9.67. The van der Waals surface area contributed by atoms with E-state index in [0.717, 1.165) is 12.1 Å². The first kappa shape index (κ1) is 11.9. The summed E-state index contributed by atoms with van der Waals surface area (Å²) >= 11 is 3.05. The molecule has 88 valence electrons. The molecular weight excluding hydrogens is 285 g/mol. The average Bonchev–Trinajstić information content (AvgIpc) is 2.80. The van der Waals surface area contributed by atoms with Crippen LogP contribution >= 0.6 is 15.9 Å². The predicted octanol–water partition coefficient (Wildman–Crippen LogP) is 3.54. The van der Waals surface area contributed by atoms with Gasteiger partial charge in [-0.15, -0.1) is 0 Å². The average molecular weight is 295 g/mol. The minimum atomic E-state index is -4.34. The number of halogens is 4. The van der Waals surface area contributed by atoms with Gasteiger partial charge in [-0.1, -0.05) is 15.9 Å². The maximum atomic E-state index is 12.5. The highest BCUT2D eigenvalue weighted by Crippen LogP contribution is 2.40. The Morgan fingerprint density at radius 1 is 1.25 bits per heavy atom. The molecule has 0 bridgehead atoms. The Bertz CT molecular complexity index is 410. The highest BCUT2D eigenvalue weighted by molar-refractivity contribution is 9.10. The summed E-state index contributed by atoms with van der Waals surface area (Å²) in [6.45, 7) is 0. The van der Waals surface area contributed by atoms with Crippen molar-refractivity contribution in [2.24, 2.45) is 0 Å². The Morgan fingerprint density at radius 2 is 1.88 bits per heavy atom. The third-order valence-electron chi connectivity index (χ3n) is 2.65. The summed E-state index contributed by atoms with van der Waals surface area (Å²) in [5.74, 6) is 0. The molecule has 0 saturated heterocycles. The first-order chi connectivity index (χ1) is 7.28. The van der Waals surface area contributed by atoms with E-state index in [0.29, 0.717) is 22.9 Å². The summed E-state index contributed by atoms with van der Waals surface area (Å²) < 4.78 is 37.9. The summed E-state index contributed by atoms with van der Waals surface area (Å²) in [4.78, 5) is 0. The highest BCUT2D eigenvalue weighted by atomic mass is 79.9. The SMILES string of the molecule is OC1(Cc2cc(Br)cc(C(F)(F)F)c2)CC1. The van der Waals surface area contributed by atoms with Crippen LogP contribution in [0.5, 0.6) is 0 Å². The summed E-state index contributed by atoms with van der Waals surface area (Å²) in [6.07, 6.45) is -2.72. The van der Waals surface area contributed by atoms with E-state index in [2.05, 4.69) is 15.9 Å². The lowest BCUT2D eigenvalue weighted by Crippen LogP contribution is -2.12. The second-order valence-corrected chi connectivity index (χ2v) is 5.16. The standard InChI is InChI=1S/C11H10BrF3O/c12-9-4-7(6-10(16)1-2-10)3-8(5-9)11(13,14)15/h3-5,16H,1-2,6H2. The van der Waals surface area contributed by atoms with Gasteiger partial charge in [0.15, 0.2) is 0 Å². The molecule has 1 N–H and O–H groups in total. The number of alkyl halides is 3. The second-order valence-electron chi connectivity index (χ2n) is 4.25. The van der Waals surface area contributed by atoms with Crippen LogP contribution in [-0.4, -0.2) is 10.7 Å². The van der Waals surface area contributed by atoms with Crippen molar-refractivity contribution in [3.05, 3.63) is 33.8 Å². The van der Waals surface area contributed by atoms with Gasteiger partial charge in [-0.25, -0.2) is 0 Å². The smallest absolute Gasteiger partial charge is 0.390 e. The molecule has 16 heavy (non-hydrogen) atoms. The number of aliphatic hydroxyl groups is 1. The van der Waals surface area contributed by atoms with Gasteiger partial charge in [-0.2, -0.15) is 13.2 Å². The molecule has 1 aromatic carbocycles. The Balaban J connectivity index is 2.29. The molecule has 1 aliphatic carbocycles. The third-order valence-corrected chi connectivity index (χ3v) is 3.10. The molecule has 1 aliphatic rings. The second kappa shape index (κ2) is 3.74. The zero-order valence-corrected chi connectivity index (χ0v) is 9.90. The monoisotopic (exact) mass is 294 g/mol. The van der Waals surface area contributed by atoms with E-state index in [-0.39, 0.29) is 6.42 Å². The molecular formula is C11H10BrF3O. The minimum absolute atomic E-state index is 0.287. The van der Waals surface area contributed by atoms with Crippen LogP contribution in [0.4, 0.5) is 13.2 Å². The summed E-state index contributed by atoms with van der Waals surface area (Å²) in [7, 11) is 0. The van der Waals surface area contributed by atoms with E-state index in [4.69, 9.17) is 0 Å². The van der Waals surface area contributed by atoms with Crippen molar-refractivity contribution in [2.45, 2.75) is 31.0 Å². The number of benzene rings is 1. The van der Waals surface area contributed by atoms with E-state index in [1.807, 2.05) is 0 Å². The van der Waals surface area contributed by atoms with Crippen molar-refractivity contribution in [3.8, 4) is 0 Å². The van der Waals surface area contributed by atoms with Gasteiger partial charge in [0.1, 0.15) is 0 Å². The van der Waals surface area contributed by atoms with E-state index < -0.39 is 17.3 Å². The maximum Gasteiger partial charge on any atom is 0.416 e. The van der Waals surface area contributed by atoms with Crippen molar-refractivity contribution in [2.75, 3.05) is 0 Å². The van der Waals surface area contributed by atoms with Crippen molar-refractivity contribution in [3.63, 3.8) is 0 Å². The predicted molar refractivity (Wildman–Crippen MR) is 57.0 cm³/mol. The summed E-state index contributed by atoms with van der Waals surface area (Å²) in [5.41, 5.74) is -0.938. The molecule has 0 spiro atoms. The topological polar surface area (TPSA) is 20.2 Å². The molecule has 0 radical (unpaired) electrons. The molecule has 0 unspecified atom stereocenters. The van der Waals surface area contributed by atoms with Crippen LogP contribution < -0.4 is 0 Å². The molecule has 0 aromatic heterocycles. The van der Waals surface area contributed by atoms with Crippen LogP contribution in [-0.2, 0) is 12.6 Å². The van der Waals surface area contributed by atoms with Crippen LogP contribution in [0.2, 0.25) is 0 Å². The van der Waals surface area contributed by atoms with E-state index >= 15 is 0 Å². The molecule has 1 aromatic rings. The number of hydrogen-bond donors (Lipinski definition) is 1. The van der Waals surface area contributed by atoms with Crippen LogP contribution in [0, 0.1) is 0 Å². The van der Waals surface area contributed by atoms with Crippen LogP contribution in [0.15, 0.2) is 22.7 Å². The van der Waals surface area contributed by atoms with Gasteiger partial charge in [0.05, 0.1) is 11.2 Å². The fraction of sp³-hybridized carbons (Fsp3) is 0.455. The Morgan fingerprint density at radius 3 is 2.38 bits per heavy atom. The van der Waals surface area contributed by atoms with Crippen molar-refractivity contribution in [1.82, 2.24) is 0 Å². The van der Waals surface area contributed by atoms with Gasteiger partial charge >= 0.3 is 6.18 Å². The molecule has 1 nitrogen and oxygen atoms in total. The molecule has 2 rings (SSSR count). The maximum absolute atomic E-state index is 12.5. The number of rotatable bonds is 2. The van der Waals surface area contributed by atoms with E-state index in [1.54, 1.807) is 6.07 Å². The molecule has 1 saturated carbocycles. The van der Waals surface area contributed by atoms with Gasteiger partial charge in [-0.05, 0) is 36.6 Å². The first-order valence-electron chi connectivity index (χ1n) is 4.88. The lowest BCUT2D eigenvalue weighted by atomic mass is 10.0. The zero-order chi connectivity index (χ0) is 12.0. The Kier molecular flexibility index (Phi) is 2.78. The van der Waals surface area contributed by atoms with Crippen molar-refractivity contribution >= 4 is 15.9 Å². The molecule has 0 heterocycles. The quantitative estimate of drug-likeness (QED) is 0.885. The fourth-order valence-electron chi connectivity index (χ4n) is 1.62. The van der Waals surface area contributed by atoms with Gasteiger partial charge in [0.2, 0.25) is 0 Å². The van der Waals surface area contributed by atoms with E-state index in [1.165, 1.54) is 0 Å². The Hall–Kier alpha value is -0.550. The summed E-state index contributed by atoms with van der Waals surface area (Å²) in [6, 6.07) is 3.76. The third kappa shape index (κ3) is 2.77. The normalized spacial score (nSPS) is 18.6. The number of hydrogen-bond acceptors (Lipinski definition) is 1. The fourth-order valence-corrected chi connectivity index (χ4v) is 2.16. The lowest BCUT2D eigenvalue weighted by molar-refractivity contribution is -0.137. The van der Waals surface area contributed by atoms with Crippen LogP contribution in [0.25, 0.3) is 0 Å². The van der Waals surface area contributed by atoms with Crippen LogP contribution in [0.1, 0.15) is 24.0 Å². The van der Waals surface area contributed by atoms with Gasteiger partial charge in [0, 0.05) is 10.9 Å². The van der Waals surface area contributed by atoms with Crippen molar-refractivity contribution in [1.29, 1.82) is 0 Å². The highest BCUT2D eigenvalue weighted by Gasteiger charge is 2.40. The minimum Gasteiger partial charge on any atom is -0.390 e. The molecule has 1 fully saturated rings. The van der Waals surface area contributed by atoms with Gasteiger partial charge in [0.25, 0.3) is 0 Å². The zero-order valence-electron chi connectivity index (χ0n) is 8.31. The molecule has 0 amide bonds. The molecule has 5 heteroatoms. The molecule has 0 aliphatic heterocycles. The largest absolute Gasteiger partial charge is 0.416 e. The van der Waals surface area contributed by atoms with E-state index in [9.17, 15) is 18.3 Å². The molecule has 0 atom stereocenters. The lowest BCUT2D eigenvalue weighted by Gasteiger charge is -2.12. The Labute approximate surface area is 99.4 Å². The van der Waals surface area contributed by atoms with Gasteiger partial charge < -0.3 is 5.11 Å². The first-order valence-corrected chi connectivity index (χ1v) is 5.67. The van der Waals surface area contributed by atoms with Crippen molar-refractivity contribution < 1.29 is 18.3 Å².